The maximum atomic E-state index is 13.9. The van der Waals surface area contributed by atoms with Gasteiger partial charge in [-0.05, 0) is 60.9 Å². The fourth-order valence-corrected chi connectivity index (χ4v) is 5.60. The number of aryl methyl sites for hydroxylation is 1. The molecule has 192 valence electrons. The number of benzene rings is 2. The number of amides is 2. The highest BCUT2D eigenvalue weighted by Crippen LogP contribution is 2.27. The highest BCUT2D eigenvalue weighted by molar-refractivity contribution is 7.10. The number of fused-ring (bicyclic) bond motifs is 1. The van der Waals surface area contributed by atoms with Crippen molar-refractivity contribution in [3.8, 4) is 0 Å². The third-order valence-electron chi connectivity index (χ3n) is 6.81. The normalized spacial score (nSPS) is 16.1. The van der Waals surface area contributed by atoms with Crippen molar-refractivity contribution >= 4 is 34.2 Å². The lowest BCUT2D eigenvalue weighted by molar-refractivity contribution is -0.141. The Morgan fingerprint density at radius 3 is 2.78 bits per heavy atom. The molecule has 1 aliphatic rings. The molecule has 4 aromatic rings. The molecule has 2 amide bonds. The summed E-state index contributed by atoms with van der Waals surface area (Å²) in [4.78, 5) is 30.1. The predicted molar refractivity (Wildman–Crippen MR) is 143 cm³/mol. The number of aromatic nitrogens is 3. The molecule has 1 aliphatic heterocycles. The second-order valence-corrected chi connectivity index (χ2v) is 10.3. The van der Waals surface area contributed by atoms with Gasteiger partial charge in [0.1, 0.15) is 18.1 Å². The molecule has 8 nitrogen and oxygen atoms in total. The van der Waals surface area contributed by atoms with Gasteiger partial charge in [0.05, 0.1) is 11.6 Å². The molecule has 2 atom stereocenters. The Morgan fingerprint density at radius 1 is 1.16 bits per heavy atom. The molecule has 1 saturated heterocycles. The van der Waals surface area contributed by atoms with Gasteiger partial charge >= 0.3 is 0 Å². The van der Waals surface area contributed by atoms with Gasteiger partial charge in [-0.2, -0.15) is 0 Å². The van der Waals surface area contributed by atoms with Crippen LogP contribution in [0.2, 0.25) is 0 Å². The zero-order valence-electron chi connectivity index (χ0n) is 20.9. The van der Waals surface area contributed by atoms with E-state index in [1.54, 1.807) is 9.58 Å². The fraction of sp³-hybridized carbons (Fsp3) is 0.357. The quantitative estimate of drug-likeness (QED) is 0.345. The van der Waals surface area contributed by atoms with E-state index in [0.29, 0.717) is 19.5 Å². The lowest BCUT2D eigenvalue weighted by atomic mass is 10.0. The van der Waals surface area contributed by atoms with Gasteiger partial charge in [-0.15, -0.1) is 16.4 Å². The van der Waals surface area contributed by atoms with E-state index in [2.05, 4.69) is 34.7 Å². The lowest BCUT2D eigenvalue weighted by Crippen LogP contribution is -2.46. The molecular formula is C28H31N5O3S. The van der Waals surface area contributed by atoms with E-state index in [1.165, 1.54) is 11.3 Å². The molecule has 0 aliphatic carbocycles. The Morgan fingerprint density at radius 2 is 2.00 bits per heavy atom. The van der Waals surface area contributed by atoms with E-state index < -0.39 is 6.04 Å². The predicted octanol–water partition coefficient (Wildman–Crippen LogP) is 3.91. The van der Waals surface area contributed by atoms with Crippen LogP contribution in [0.15, 0.2) is 66.0 Å². The molecule has 2 unspecified atom stereocenters. The molecule has 0 saturated carbocycles. The summed E-state index contributed by atoms with van der Waals surface area (Å²) in [5.41, 5.74) is 3.82. The van der Waals surface area contributed by atoms with Crippen molar-refractivity contribution in [3.63, 3.8) is 0 Å². The Hall–Kier alpha value is -3.56. The highest BCUT2D eigenvalue weighted by Gasteiger charge is 2.33. The van der Waals surface area contributed by atoms with Crippen LogP contribution in [-0.2, 0) is 27.3 Å². The number of carbonyl (C=O) groups is 2. The van der Waals surface area contributed by atoms with Crippen LogP contribution in [-0.4, -0.2) is 57.5 Å². The van der Waals surface area contributed by atoms with Crippen LogP contribution in [0.5, 0.6) is 0 Å². The maximum Gasteiger partial charge on any atom is 0.248 e. The van der Waals surface area contributed by atoms with Gasteiger partial charge in [0.25, 0.3) is 0 Å². The van der Waals surface area contributed by atoms with E-state index in [4.69, 9.17) is 4.74 Å². The Bertz CT molecular complexity index is 1350. The van der Waals surface area contributed by atoms with Gasteiger partial charge < -0.3 is 15.0 Å². The summed E-state index contributed by atoms with van der Waals surface area (Å²) in [6.45, 7) is 3.62. The first-order valence-electron chi connectivity index (χ1n) is 12.6. The zero-order chi connectivity index (χ0) is 25.6. The third-order valence-corrected chi connectivity index (χ3v) is 7.73. The monoisotopic (exact) mass is 517 g/mol. The van der Waals surface area contributed by atoms with Crippen molar-refractivity contribution in [3.05, 3.63) is 82.0 Å². The number of ether oxygens (including phenoxy) is 1. The summed E-state index contributed by atoms with van der Waals surface area (Å²) in [7, 11) is 0. The standard InChI is InChI=1S/C28H31N5O3S/c1-20-8-2-3-9-21(20)14-15-32(26(34)19-33-24-12-5-4-11-23(24)30-31-33)27(25-13-7-17-37-25)28(35)29-18-22-10-6-16-36-22/h2-5,7-9,11-13,17,22,27H,6,10,14-16,18-19H2,1H3,(H,29,35). The van der Waals surface area contributed by atoms with Gasteiger partial charge in [-0.25, -0.2) is 4.68 Å². The smallest absolute Gasteiger partial charge is 0.248 e. The van der Waals surface area contributed by atoms with Gasteiger partial charge in [-0.3, -0.25) is 9.59 Å². The van der Waals surface area contributed by atoms with Crippen LogP contribution in [0.1, 0.15) is 34.9 Å². The number of para-hydroxylation sites is 1. The van der Waals surface area contributed by atoms with E-state index in [9.17, 15) is 9.59 Å². The van der Waals surface area contributed by atoms with Crippen molar-refractivity contribution in [2.75, 3.05) is 19.7 Å². The molecule has 0 spiro atoms. The SMILES string of the molecule is Cc1ccccc1CCN(C(=O)Cn1nnc2ccccc21)C(C(=O)NCC1CCCO1)c1cccs1. The maximum absolute atomic E-state index is 13.9. The number of hydrogen-bond acceptors (Lipinski definition) is 6. The second kappa shape index (κ2) is 11.7. The number of thiophene rings is 1. The molecule has 9 heteroatoms. The van der Waals surface area contributed by atoms with Crippen LogP contribution in [0.4, 0.5) is 0 Å². The van der Waals surface area contributed by atoms with Crippen molar-refractivity contribution < 1.29 is 14.3 Å². The van der Waals surface area contributed by atoms with Crippen molar-refractivity contribution in [2.24, 2.45) is 0 Å². The molecule has 1 fully saturated rings. The van der Waals surface area contributed by atoms with Crippen LogP contribution in [0.25, 0.3) is 11.0 Å². The summed E-state index contributed by atoms with van der Waals surface area (Å²) in [5, 5.41) is 13.4. The number of rotatable bonds is 10. The summed E-state index contributed by atoms with van der Waals surface area (Å²) in [6.07, 6.45) is 2.59. The number of carbonyl (C=O) groups excluding carboxylic acids is 2. The summed E-state index contributed by atoms with van der Waals surface area (Å²) in [5.74, 6) is -0.380. The van der Waals surface area contributed by atoms with Gasteiger partial charge in [0.15, 0.2) is 0 Å². The fourth-order valence-electron chi connectivity index (χ4n) is 4.77. The van der Waals surface area contributed by atoms with Crippen molar-refractivity contribution in [2.45, 2.75) is 44.9 Å². The van der Waals surface area contributed by atoms with Crippen LogP contribution in [0.3, 0.4) is 0 Å². The number of nitrogens with zero attached hydrogens (tertiary/aromatic N) is 4. The van der Waals surface area contributed by atoms with Crippen molar-refractivity contribution in [1.82, 2.24) is 25.2 Å². The number of hydrogen-bond donors (Lipinski definition) is 1. The van der Waals surface area contributed by atoms with Crippen LogP contribution >= 0.6 is 11.3 Å². The minimum atomic E-state index is -0.743. The summed E-state index contributed by atoms with van der Waals surface area (Å²) < 4.78 is 7.31. The minimum absolute atomic E-state index is 0.00479. The highest BCUT2D eigenvalue weighted by atomic mass is 32.1. The molecule has 0 bridgehead atoms. The van der Waals surface area contributed by atoms with Gasteiger partial charge in [-0.1, -0.05) is 47.7 Å². The van der Waals surface area contributed by atoms with Crippen molar-refractivity contribution in [1.29, 1.82) is 0 Å². The largest absolute Gasteiger partial charge is 0.376 e. The first kappa shape index (κ1) is 25.1. The Kier molecular flexibility index (Phi) is 7.91. The van der Waals surface area contributed by atoms with Crippen LogP contribution in [0, 0.1) is 6.92 Å². The second-order valence-electron chi connectivity index (χ2n) is 9.30. The van der Waals surface area contributed by atoms with E-state index >= 15 is 0 Å². The van der Waals surface area contributed by atoms with E-state index in [-0.39, 0.29) is 24.5 Å². The first-order valence-corrected chi connectivity index (χ1v) is 13.5. The molecular weight excluding hydrogens is 486 g/mol. The summed E-state index contributed by atoms with van der Waals surface area (Å²) in [6, 6.07) is 18.8. The zero-order valence-corrected chi connectivity index (χ0v) is 21.7. The molecule has 2 aromatic carbocycles. The van der Waals surface area contributed by atoms with Gasteiger partial charge in [0.2, 0.25) is 11.8 Å². The molecule has 5 rings (SSSR count). The van der Waals surface area contributed by atoms with Gasteiger partial charge in [0, 0.05) is 24.6 Å². The van der Waals surface area contributed by atoms with Crippen LogP contribution < -0.4 is 5.32 Å². The molecule has 3 heterocycles. The van der Waals surface area contributed by atoms with E-state index in [1.807, 2.05) is 53.9 Å². The third kappa shape index (κ3) is 5.89. The molecule has 1 N–H and O–H groups in total. The summed E-state index contributed by atoms with van der Waals surface area (Å²) >= 11 is 1.48. The Balaban J connectivity index is 1.43. The first-order chi connectivity index (χ1) is 18.1. The molecule has 0 radical (unpaired) electrons. The average molecular weight is 518 g/mol. The topological polar surface area (TPSA) is 89.4 Å². The lowest BCUT2D eigenvalue weighted by Gasteiger charge is -2.31. The van der Waals surface area contributed by atoms with E-state index in [0.717, 1.165) is 46.5 Å². The Labute approximate surface area is 220 Å². The minimum Gasteiger partial charge on any atom is -0.376 e. The molecule has 37 heavy (non-hydrogen) atoms. The average Bonchev–Trinajstić information content (AvgIpc) is 3.69. The number of nitrogens with one attached hydrogen (secondary N) is 1. The molecule has 2 aromatic heterocycles.